The van der Waals surface area contributed by atoms with Crippen LogP contribution in [0, 0.1) is 0 Å². The SMILES string of the molecule is COC(=O)c1ccc(N(CC(F)(F)F)CC(F)(F)F)cc1. The molecule has 0 saturated heterocycles. The van der Waals surface area contributed by atoms with Gasteiger partial charge in [0.2, 0.25) is 0 Å². The summed E-state index contributed by atoms with van der Waals surface area (Å²) in [5.74, 6) is -0.736. The molecule has 0 unspecified atom stereocenters. The van der Waals surface area contributed by atoms with Crippen LogP contribution >= 0.6 is 0 Å². The van der Waals surface area contributed by atoms with Gasteiger partial charge >= 0.3 is 18.3 Å². The van der Waals surface area contributed by atoms with Gasteiger partial charge in [-0.1, -0.05) is 0 Å². The second-order valence-corrected chi connectivity index (χ2v) is 4.12. The van der Waals surface area contributed by atoms with Crippen molar-refractivity contribution in [3.8, 4) is 0 Å². The Morgan fingerprint density at radius 1 is 1.00 bits per heavy atom. The number of halogens is 6. The highest BCUT2D eigenvalue weighted by Crippen LogP contribution is 2.26. The highest BCUT2D eigenvalue weighted by atomic mass is 19.4. The van der Waals surface area contributed by atoms with Crippen LogP contribution in [0.25, 0.3) is 0 Å². The Kier molecular flexibility index (Phi) is 5.08. The number of benzene rings is 1. The Hall–Kier alpha value is -1.93. The molecule has 0 aromatic heterocycles. The molecule has 1 aromatic rings. The van der Waals surface area contributed by atoms with E-state index in [4.69, 9.17) is 0 Å². The average Bonchev–Trinajstić information content (AvgIpc) is 2.34. The molecular formula is C12H11F6NO2. The monoisotopic (exact) mass is 315 g/mol. The van der Waals surface area contributed by atoms with E-state index in [1.807, 2.05) is 0 Å². The molecule has 0 aliphatic rings. The largest absolute Gasteiger partial charge is 0.465 e. The van der Waals surface area contributed by atoms with Crippen LogP contribution in [0.4, 0.5) is 32.0 Å². The molecule has 118 valence electrons. The zero-order chi connectivity index (χ0) is 16.3. The Balaban J connectivity index is 3.00. The lowest BCUT2D eigenvalue weighted by Gasteiger charge is -2.27. The first-order valence-electron chi connectivity index (χ1n) is 5.58. The van der Waals surface area contributed by atoms with Crippen LogP contribution in [0.15, 0.2) is 24.3 Å². The third-order valence-corrected chi connectivity index (χ3v) is 2.39. The first-order valence-corrected chi connectivity index (χ1v) is 5.58. The van der Waals surface area contributed by atoms with Crippen LogP contribution < -0.4 is 4.90 Å². The predicted octanol–water partition coefficient (Wildman–Crippen LogP) is 3.40. The normalized spacial score (nSPS) is 12.1. The molecule has 0 bridgehead atoms. The molecule has 3 nitrogen and oxygen atoms in total. The van der Waals surface area contributed by atoms with Gasteiger partial charge in [-0.15, -0.1) is 0 Å². The van der Waals surface area contributed by atoms with Crippen LogP contribution in [-0.4, -0.2) is 38.5 Å². The van der Waals surface area contributed by atoms with Gasteiger partial charge in [-0.05, 0) is 24.3 Å². The lowest BCUT2D eigenvalue weighted by molar-refractivity contribution is -0.137. The topological polar surface area (TPSA) is 29.5 Å². The summed E-state index contributed by atoms with van der Waals surface area (Å²) < 4.78 is 78.5. The maximum absolute atomic E-state index is 12.3. The summed E-state index contributed by atoms with van der Waals surface area (Å²) in [5.41, 5.74) is -0.266. The highest BCUT2D eigenvalue weighted by molar-refractivity contribution is 5.89. The lowest BCUT2D eigenvalue weighted by atomic mass is 10.2. The average molecular weight is 315 g/mol. The quantitative estimate of drug-likeness (QED) is 0.630. The van der Waals surface area contributed by atoms with Crippen molar-refractivity contribution in [3.63, 3.8) is 0 Å². The van der Waals surface area contributed by atoms with Crippen molar-refractivity contribution in [3.05, 3.63) is 29.8 Å². The van der Waals surface area contributed by atoms with E-state index in [0.717, 1.165) is 31.4 Å². The van der Waals surface area contributed by atoms with E-state index in [1.54, 1.807) is 0 Å². The molecule has 0 saturated carbocycles. The van der Waals surface area contributed by atoms with Gasteiger partial charge in [-0.2, -0.15) is 26.3 Å². The zero-order valence-corrected chi connectivity index (χ0v) is 10.8. The smallest absolute Gasteiger partial charge is 0.405 e. The van der Waals surface area contributed by atoms with Gasteiger partial charge < -0.3 is 9.64 Å². The van der Waals surface area contributed by atoms with Gasteiger partial charge in [-0.3, -0.25) is 0 Å². The molecule has 0 spiro atoms. The van der Waals surface area contributed by atoms with Crippen molar-refractivity contribution in [1.29, 1.82) is 0 Å². The van der Waals surface area contributed by atoms with E-state index < -0.39 is 31.4 Å². The van der Waals surface area contributed by atoms with Gasteiger partial charge in [0, 0.05) is 5.69 Å². The van der Waals surface area contributed by atoms with Crippen molar-refractivity contribution in [2.75, 3.05) is 25.1 Å². The molecule has 0 fully saturated rings. The highest BCUT2D eigenvalue weighted by Gasteiger charge is 2.37. The number of carbonyl (C=O) groups excluding carboxylic acids is 1. The number of methoxy groups -OCH3 is 1. The maximum atomic E-state index is 12.3. The first-order chi connectivity index (χ1) is 9.52. The van der Waals surface area contributed by atoms with E-state index in [1.165, 1.54) is 0 Å². The van der Waals surface area contributed by atoms with Gasteiger partial charge in [0.1, 0.15) is 13.1 Å². The van der Waals surface area contributed by atoms with Crippen LogP contribution in [0.3, 0.4) is 0 Å². The summed E-state index contributed by atoms with van der Waals surface area (Å²) in [6, 6.07) is 4.20. The number of nitrogens with zero attached hydrogens (tertiary/aromatic N) is 1. The van der Waals surface area contributed by atoms with Gasteiger partial charge in [0.25, 0.3) is 0 Å². The summed E-state index contributed by atoms with van der Waals surface area (Å²) in [6.45, 7) is -3.49. The fraction of sp³-hybridized carbons (Fsp3) is 0.417. The molecule has 21 heavy (non-hydrogen) atoms. The van der Waals surface area contributed by atoms with Crippen LogP contribution in [0.1, 0.15) is 10.4 Å². The Labute approximate surface area is 116 Å². The number of carbonyl (C=O) groups is 1. The Morgan fingerprint density at radius 2 is 1.43 bits per heavy atom. The van der Waals surface area contributed by atoms with Crippen LogP contribution in [-0.2, 0) is 4.74 Å². The second kappa shape index (κ2) is 6.23. The standard InChI is InChI=1S/C12H11F6NO2/c1-21-10(20)8-2-4-9(5-3-8)19(6-11(13,14)15)7-12(16,17)18/h2-5H,6-7H2,1H3. The summed E-state index contributed by atoms with van der Waals surface area (Å²) in [6.07, 6.45) is -9.57. The molecule has 1 aromatic carbocycles. The number of rotatable bonds is 4. The van der Waals surface area contributed by atoms with Crippen molar-refractivity contribution in [1.82, 2.24) is 0 Å². The number of esters is 1. The molecule has 0 heterocycles. The van der Waals surface area contributed by atoms with Crippen molar-refractivity contribution in [2.45, 2.75) is 12.4 Å². The summed E-state index contributed by atoms with van der Waals surface area (Å²) in [4.78, 5) is 11.3. The fourth-order valence-electron chi connectivity index (χ4n) is 1.60. The zero-order valence-electron chi connectivity index (χ0n) is 10.8. The van der Waals surface area contributed by atoms with E-state index in [-0.39, 0.29) is 16.2 Å². The minimum Gasteiger partial charge on any atom is -0.465 e. The molecule has 0 amide bonds. The fourth-order valence-corrected chi connectivity index (χ4v) is 1.60. The minimum absolute atomic E-state index is 0.0280. The number of hydrogen-bond donors (Lipinski definition) is 0. The summed E-state index contributed by atoms with van der Waals surface area (Å²) >= 11 is 0. The third-order valence-electron chi connectivity index (χ3n) is 2.39. The number of alkyl halides is 6. The van der Waals surface area contributed by atoms with E-state index in [2.05, 4.69) is 4.74 Å². The number of ether oxygens (including phenoxy) is 1. The molecule has 0 radical (unpaired) electrons. The molecule has 0 aliphatic carbocycles. The Bertz CT molecular complexity index is 464. The second-order valence-electron chi connectivity index (χ2n) is 4.12. The van der Waals surface area contributed by atoms with Crippen LogP contribution in [0.2, 0.25) is 0 Å². The molecule has 0 aliphatic heterocycles. The van der Waals surface area contributed by atoms with Gasteiger partial charge in [-0.25, -0.2) is 4.79 Å². The minimum atomic E-state index is -4.79. The summed E-state index contributed by atoms with van der Waals surface area (Å²) in [7, 11) is 1.11. The molecule has 0 atom stereocenters. The molecule has 9 heteroatoms. The van der Waals surface area contributed by atoms with E-state index in [9.17, 15) is 31.1 Å². The Morgan fingerprint density at radius 3 is 1.76 bits per heavy atom. The molecule has 1 rings (SSSR count). The van der Waals surface area contributed by atoms with Crippen molar-refractivity contribution < 1.29 is 35.9 Å². The van der Waals surface area contributed by atoms with Gasteiger partial charge in [0.15, 0.2) is 0 Å². The third kappa shape index (κ3) is 5.92. The number of anilines is 1. The molecule has 0 N–H and O–H groups in total. The predicted molar refractivity (Wildman–Crippen MR) is 62.1 cm³/mol. The molecular weight excluding hydrogens is 304 g/mol. The number of hydrogen-bond acceptors (Lipinski definition) is 3. The van der Waals surface area contributed by atoms with E-state index in [0.29, 0.717) is 0 Å². The van der Waals surface area contributed by atoms with Crippen molar-refractivity contribution >= 4 is 11.7 Å². The van der Waals surface area contributed by atoms with Crippen molar-refractivity contribution in [2.24, 2.45) is 0 Å². The van der Waals surface area contributed by atoms with Crippen LogP contribution in [0.5, 0.6) is 0 Å². The van der Waals surface area contributed by atoms with E-state index >= 15 is 0 Å². The summed E-state index contributed by atoms with van der Waals surface area (Å²) in [5, 5.41) is 0. The van der Waals surface area contributed by atoms with Gasteiger partial charge in [0.05, 0.1) is 12.7 Å². The maximum Gasteiger partial charge on any atom is 0.405 e. The first kappa shape index (κ1) is 17.1. The lowest BCUT2D eigenvalue weighted by Crippen LogP contribution is -2.40.